The highest BCUT2D eigenvalue weighted by atomic mass is 35.5. The maximum absolute atomic E-state index is 12.8. The van der Waals surface area contributed by atoms with Gasteiger partial charge in [0, 0.05) is 21.7 Å². The third-order valence-corrected chi connectivity index (χ3v) is 5.17. The van der Waals surface area contributed by atoms with Crippen LogP contribution in [0.3, 0.4) is 0 Å². The second-order valence-electron chi connectivity index (χ2n) is 6.63. The van der Waals surface area contributed by atoms with Gasteiger partial charge in [0.15, 0.2) is 5.76 Å². The molecule has 0 atom stereocenters. The fourth-order valence-corrected chi connectivity index (χ4v) is 3.41. The van der Waals surface area contributed by atoms with Crippen molar-refractivity contribution in [2.75, 3.05) is 7.11 Å². The number of hydrogen-bond acceptors (Lipinski definition) is 4. The monoisotopic (exact) mass is 406 g/mol. The number of methoxy groups -OCH3 is 1. The highest BCUT2D eigenvalue weighted by Crippen LogP contribution is 2.40. The average Bonchev–Trinajstić information content (AvgIpc) is 3.05. The van der Waals surface area contributed by atoms with Crippen molar-refractivity contribution in [3.05, 3.63) is 93.7 Å². The van der Waals surface area contributed by atoms with Crippen LogP contribution in [0.25, 0.3) is 6.08 Å². The number of fused-ring (bicyclic) bond motifs is 1. The highest BCUT2D eigenvalue weighted by molar-refractivity contribution is 6.31. The van der Waals surface area contributed by atoms with Gasteiger partial charge in [-0.15, -0.1) is 0 Å². The maximum Gasteiger partial charge on any atom is 0.231 e. The van der Waals surface area contributed by atoms with E-state index in [1.54, 1.807) is 25.3 Å². The first-order valence-corrected chi connectivity index (χ1v) is 9.53. The lowest BCUT2D eigenvalue weighted by molar-refractivity contribution is 0.101. The minimum absolute atomic E-state index is 0.161. The number of benzene rings is 3. The lowest BCUT2D eigenvalue weighted by Crippen LogP contribution is -1.99. The topological polar surface area (TPSA) is 44.8 Å². The summed E-state index contributed by atoms with van der Waals surface area (Å²) in [5.74, 6) is 1.94. The van der Waals surface area contributed by atoms with Gasteiger partial charge in [-0.25, -0.2) is 0 Å². The van der Waals surface area contributed by atoms with Crippen LogP contribution in [-0.2, 0) is 6.61 Å². The molecule has 29 heavy (non-hydrogen) atoms. The van der Waals surface area contributed by atoms with Crippen molar-refractivity contribution in [3.63, 3.8) is 0 Å². The molecule has 1 aliphatic rings. The van der Waals surface area contributed by atoms with E-state index in [4.69, 9.17) is 25.8 Å². The molecule has 0 fully saturated rings. The van der Waals surface area contributed by atoms with Crippen LogP contribution in [0.15, 0.2) is 66.4 Å². The summed E-state index contributed by atoms with van der Waals surface area (Å²) in [7, 11) is 1.59. The van der Waals surface area contributed by atoms with E-state index in [-0.39, 0.29) is 11.5 Å². The first-order valence-electron chi connectivity index (χ1n) is 9.15. The van der Waals surface area contributed by atoms with E-state index in [0.717, 1.165) is 16.7 Å². The summed E-state index contributed by atoms with van der Waals surface area (Å²) in [4.78, 5) is 12.8. The van der Waals surface area contributed by atoms with Gasteiger partial charge in [-0.2, -0.15) is 0 Å². The predicted molar refractivity (Wildman–Crippen MR) is 113 cm³/mol. The average molecular weight is 407 g/mol. The molecule has 0 amide bonds. The molecule has 1 aliphatic heterocycles. The van der Waals surface area contributed by atoms with E-state index in [9.17, 15) is 4.79 Å². The molecule has 0 radical (unpaired) electrons. The van der Waals surface area contributed by atoms with Crippen LogP contribution in [0, 0.1) is 6.92 Å². The zero-order valence-electron chi connectivity index (χ0n) is 16.1. The molecule has 4 rings (SSSR count). The van der Waals surface area contributed by atoms with Crippen LogP contribution in [0.4, 0.5) is 0 Å². The molecule has 0 unspecified atom stereocenters. The number of allylic oxidation sites excluding steroid dienone is 1. The van der Waals surface area contributed by atoms with E-state index in [1.165, 1.54) is 0 Å². The Hall–Kier alpha value is -3.24. The number of halogens is 1. The molecule has 0 saturated heterocycles. The molecule has 0 bridgehead atoms. The molecule has 0 aromatic heterocycles. The van der Waals surface area contributed by atoms with E-state index >= 15 is 0 Å². The SMILES string of the molecule is COc1ccccc1/C=C1\Oc2c(ccc(OCc3ccccc3Cl)c2C)C1=O. The van der Waals surface area contributed by atoms with Gasteiger partial charge >= 0.3 is 0 Å². The summed E-state index contributed by atoms with van der Waals surface area (Å²) in [6.07, 6.45) is 1.70. The number of hydrogen-bond donors (Lipinski definition) is 0. The van der Waals surface area contributed by atoms with Gasteiger partial charge in [-0.1, -0.05) is 48.0 Å². The first kappa shape index (κ1) is 19.1. The highest BCUT2D eigenvalue weighted by Gasteiger charge is 2.30. The molecule has 146 valence electrons. The lowest BCUT2D eigenvalue weighted by Gasteiger charge is -2.12. The molecule has 0 N–H and O–H groups in total. The second kappa shape index (κ2) is 8.02. The van der Waals surface area contributed by atoms with Gasteiger partial charge in [-0.05, 0) is 37.3 Å². The Morgan fingerprint density at radius 1 is 1.00 bits per heavy atom. The number of rotatable bonds is 5. The molecule has 0 aliphatic carbocycles. The summed E-state index contributed by atoms with van der Waals surface area (Å²) < 4.78 is 17.2. The van der Waals surface area contributed by atoms with Crippen molar-refractivity contribution in [1.82, 2.24) is 0 Å². The molecule has 0 spiro atoms. The number of Topliss-reactive ketones (excluding diaryl/α,β-unsaturated/α-hetero) is 1. The van der Waals surface area contributed by atoms with Crippen LogP contribution >= 0.6 is 11.6 Å². The summed E-state index contributed by atoms with van der Waals surface area (Å²) in [5, 5.41) is 0.653. The van der Waals surface area contributed by atoms with Crippen LogP contribution in [0.2, 0.25) is 5.02 Å². The van der Waals surface area contributed by atoms with Gasteiger partial charge in [0.25, 0.3) is 0 Å². The van der Waals surface area contributed by atoms with Gasteiger partial charge in [0.05, 0.1) is 12.7 Å². The van der Waals surface area contributed by atoms with Gasteiger partial charge in [0.2, 0.25) is 5.78 Å². The summed E-state index contributed by atoms with van der Waals surface area (Å²) in [5.41, 5.74) is 2.96. The number of ether oxygens (including phenoxy) is 3. The van der Waals surface area contributed by atoms with E-state index in [0.29, 0.717) is 34.4 Å². The van der Waals surface area contributed by atoms with E-state index < -0.39 is 0 Å². The molecule has 5 heteroatoms. The Morgan fingerprint density at radius 3 is 2.55 bits per heavy atom. The Morgan fingerprint density at radius 2 is 1.76 bits per heavy atom. The van der Waals surface area contributed by atoms with Crippen molar-refractivity contribution in [1.29, 1.82) is 0 Å². The van der Waals surface area contributed by atoms with E-state index in [2.05, 4.69) is 0 Å². The van der Waals surface area contributed by atoms with Crippen molar-refractivity contribution >= 4 is 23.5 Å². The minimum atomic E-state index is -0.161. The van der Waals surface area contributed by atoms with Gasteiger partial charge in [-0.3, -0.25) is 4.79 Å². The summed E-state index contributed by atoms with van der Waals surface area (Å²) in [6.45, 7) is 2.21. The molecule has 0 saturated carbocycles. The van der Waals surface area contributed by atoms with Crippen molar-refractivity contribution < 1.29 is 19.0 Å². The molecular formula is C24H19ClO4. The number of carbonyl (C=O) groups excluding carboxylic acids is 1. The van der Waals surface area contributed by atoms with Gasteiger partial charge in [0.1, 0.15) is 23.9 Å². The normalized spacial score (nSPS) is 13.9. The number of carbonyl (C=O) groups is 1. The van der Waals surface area contributed by atoms with Gasteiger partial charge < -0.3 is 14.2 Å². The zero-order chi connectivity index (χ0) is 20.4. The zero-order valence-corrected chi connectivity index (χ0v) is 16.8. The molecule has 3 aromatic carbocycles. The third kappa shape index (κ3) is 3.71. The quantitative estimate of drug-likeness (QED) is 0.498. The van der Waals surface area contributed by atoms with Crippen LogP contribution in [-0.4, -0.2) is 12.9 Å². The van der Waals surface area contributed by atoms with Crippen LogP contribution in [0.1, 0.15) is 27.0 Å². The number of ketones is 1. The maximum atomic E-state index is 12.8. The Labute approximate surface area is 174 Å². The Bertz CT molecular complexity index is 1120. The smallest absolute Gasteiger partial charge is 0.231 e. The van der Waals surface area contributed by atoms with Crippen molar-refractivity contribution in [2.45, 2.75) is 13.5 Å². The standard InChI is InChI=1S/C24H19ClO4/c1-15-20(28-14-17-8-3-5-9-19(17)25)12-11-18-23(26)22(29-24(15)18)13-16-7-4-6-10-21(16)27-2/h3-13H,14H2,1-2H3/b22-13-. The fraction of sp³-hybridized carbons (Fsp3) is 0.125. The van der Waals surface area contributed by atoms with Crippen molar-refractivity contribution in [3.8, 4) is 17.2 Å². The Balaban J connectivity index is 1.60. The van der Waals surface area contributed by atoms with Crippen LogP contribution in [0.5, 0.6) is 17.2 Å². The molecule has 3 aromatic rings. The molecular weight excluding hydrogens is 388 g/mol. The summed E-state index contributed by atoms with van der Waals surface area (Å²) >= 11 is 6.20. The second-order valence-corrected chi connectivity index (χ2v) is 7.03. The predicted octanol–water partition coefficient (Wildman–Crippen LogP) is 5.85. The van der Waals surface area contributed by atoms with E-state index in [1.807, 2.05) is 55.5 Å². The minimum Gasteiger partial charge on any atom is -0.496 e. The third-order valence-electron chi connectivity index (χ3n) is 4.80. The molecule has 4 nitrogen and oxygen atoms in total. The fourth-order valence-electron chi connectivity index (χ4n) is 3.22. The number of para-hydroxylation sites is 1. The largest absolute Gasteiger partial charge is 0.496 e. The lowest BCUT2D eigenvalue weighted by atomic mass is 10.1. The van der Waals surface area contributed by atoms with Crippen molar-refractivity contribution in [2.24, 2.45) is 0 Å². The molecule has 1 heterocycles. The van der Waals surface area contributed by atoms with Crippen LogP contribution < -0.4 is 14.2 Å². The summed E-state index contributed by atoms with van der Waals surface area (Å²) in [6, 6.07) is 18.5. The first-order chi connectivity index (χ1) is 14.1. The Kier molecular flexibility index (Phi) is 5.28.